The summed E-state index contributed by atoms with van der Waals surface area (Å²) in [6.45, 7) is 2.38. The zero-order valence-corrected chi connectivity index (χ0v) is 13.7. The number of hydrogen-bond donors (Lipinski definition) is 2. The number of nitrogens with one attached hydrogen (secondary N) is 2. The van der Waals surface area contributed by atoms with Crippen LogP contribution in [-0.2, 0) is 13.6 Å². The fourth-order valence-corrected chi connectivity index (χ4v) is 2.36. The molecule has 0 aliphatic carbocycles. The summed E-state index contributed by atoms with van der Waals surface area (Å²) in [5.41, 5.74) is 4.59. The van der Waals surface area contributed by atoms with Crippen LogP contribution < -0.4 is 10.6 Å². The van der Waals surface area contributed by atoms with Gasteiger partial charge in [0.2, 0.25) is 0 Å². The zero-order chi connectivity index (χ0) is 16.9. The summed E-state index contributed by atoms with van der Waals surface area (Å²) in [4.78, 5) is 16.4. The summed E-state index contributed by atoms with van der Waals surface area (Å²) in [5, 5.41) is 9.86. The quantitative estimate of drug-likeness (QED) is 0.775. The standard InChI is InChI=1S/C18H19N5O/c1-13-5-3-4-6-16(13)22-18(24)20-10-14-7-8-19-17(9-14)15-11-21-23(2)12-15/h3-9,11-12H,10H2,1-2H3,(H2,20,22,24). The van der Waals surface area contributed by atoms with E-state index in [4.69, 9.17) is 0 Å². The fraction of sp³-hybridized carbons (Fsp3) is 0.167. The van der Waals surface area contributed by atoms with Gasteiger partial charge in [-0.05, 0) is 36.2 Å². The first-order chi connectivity index (χ1) is 11.6. The molecular weight excluding hydrogens is 302 g/mol. The third-order valence-electron chi connectivity index (χ3n) is 3.67. The van der Waals surface area contributed by atoms with Gasteiger partial charge in [-0.25, -0.2) is 4.79 Å². The SMILES string of the molecule is Cc1ccccc1NC(=O)NCc1ccnc(-c2cnn(C)c2)c1. The van der Waals surface area contributed by atoms with Gasteiger partial charge in [0.15, 0.2) is 0 Å². The van der Waals surface area contributed by atoms with Crippen LogP contribution in [0.1, 0.15) is 11.1 Å². The highest BCUT2D eigenvalue weighted by Gasteiger charge is 2.06. The topological polar surface area (TPSA) is 71.8 Å². The lowest BCUT2D eigenvalue weighted by Crippen LogP contribution is -2.28. The lowest BCUT2D eigenvalue weighted by atomic mass is 10.1. The van der Waals surface area contributed by atoms with E-state index in [1.165, 1.54) is 0 Å². The predicted molar refractivity (Wildman–Crippen MR) is 93.5 cm³/mol. The van der Waals surface area contributed by atoms with Gasteiger partial charge in [-0.1, -0.05) is 18.2 Å². The molecule has 6 nitrogen and oxygen atoms in total. The minimum atomic E-state index is -0.232. The molecule has 122 valence electrons. The second-order valence-corrected chi connectivity index (χ2v) is 5.57. The number of nitrogens with zero attached hydrogens (tertiary/aromatic N) is 3. The van der Waals surface area contributed by atoms with Crippen LogP contribution in [0.5, 0.6) is 0 Å². The lowest BCUT2D eigenvalue weighted by Gasteiger charge is -2.10. The molecule has 0 spiro atoms. The first-order valence-corrected chi connectivity index (χ1v) is 7.66. The van der Waals surface area contributed by atoms with E-state index in [1.54, 1.807) is 17.1 Å². The molecule has 3 aromatic rings. The number of benzene rings is 1. The van der Waals surface area contributed by atoms with Crippen molar-refractivity contribution in [3.05, 3.63) is 66.1 Å². The number of anilines is 1. The number of carbonyl (C=O) groups is 1. The zero-order valence-electron chi connectivity index (χ0n) is 13.7. The molecule has 24 heavy (non-hydrogen) atoms. The summed E-state index contributed by atoms with van der Waals surface area (Å²) >= 11 is 0. The van der Waals surface area contributed by atoms with Gasteiger partial charge in [-0.15, -0.1) is 0 Å². The summed E-state index contributed by atoms with van der Waals surface area (Å²) < 4.78 is 1.73. The van der Waals surface area contributed by atoms with Crippen molar-refractivity contribution in [2.75, 3.05) is 5.32 Å². The Morgan fingerprint density at radius 3 is 2.83 bits per heavy atom. The fourth-order valence-electron chi connectivity index (χ4n) is 2.36. The molecule has 0 aliphatic heterocycles. The molecule has 0 fully saturated rings. The van der Waals surface area contributed by atoms with Crippen molar-refractivity contribution in [2.45, 2.75) is 13.5 Å². The molecule has 2 N–H and O–H groups in total. The summed E-state index contributed by atoms with van der Waals surface area (Å²) in [6, 6.07) is 11.3. The van der Waals surface area contributed by atoms with E-state index in [-0.39, 0.29) is 6.03 Å². The summed E-state index contributed by atoms with van der Waals surface area (Å²) in [5.74, 6) is 0. The Bertz CT molecular complexity index is 856. The number of aryl methyl sites for hydroxylation is 2. The number of aromatic nitrogens is 3. The minimum Gasteiger partial charge on any atom is -0.334 e. The Balaban J connectivity index is 1.62. The van der Waals surface area contributed by atoms with E-state index < -0.39 is 0 Å². The number of pyridine rings is 1. The second kappa shape index (κ2) is 6.95. The van der Waals surface area contributed by atoms with E-state index in [9.17, 15) is 4.79 Å². The molecule has 2 amide bonds. The van der Waals surface area contributed by atoms with Gasteiger partial charge in [0.05, 0.1) is 11.9 Å². The molecule has 0 unspecified atom stereocenters. The average Bonchev–Trinajstić information content (AvgIpc) is 3.02. The highest BCUT2D eigenvalue weighted by molar-refractivity contribution is 5.89. The Morgan fingerprint density at radius 1 is 1.25 bits per heavy atom. The molecule has 2 heterocycles. The molecule has 0 saturated carbocycles. The van der Waals surface area contributed by atoms with Crippen LogP contribution in [0.15, 0.2) is 55.0 Å². The van der Waals surface area contributed by atoms with Crippen molar-refractivity contribution in [3.63, 3.8) is 0 Å². The van der Waals surface area contributed by atoms with Gasteiger partial charge in [0, 0.05) is 37.2 Å². The summed E-state index contributed by atoms with van der Waals surface area (Å²) in [6.07, 6.45) is 5.41. The van der Waals surface area contributed by atoms with Crippen LogP contribution >= 0.6 is 0 Å². The highest BCUT2D eigenvalue weighted by Crippen LogP contribution is 2.17. The van der Waals surface area contributed by atoms with Crippen molar-refractivity contribution < 1.29 is 4.79 Å². The number of hydrogen-bond acceptors (Lipinski definition) is 3. The largest absolute Gasteiger partial charge is 0.334 e. The van der Waals surface area contributed by atoms with Crippen molar-refractivity contribution in [2.24, 2.45) is 7.05 Å². The number of carbonyl (C=O) groups excluding carboxylic acids is 1. The smallest absolute Gasteiger partial charge is 0.319 e. The molecule has 3 rings (SSSR count). The van der Waals surface area contributed by atoms with Gasteiger partial charge in [0.25, 0.3) is 0 Å². The van der Waals surface area contributed by atoms with E-state index in [1.807, 2.05) is 56.6 Å². The molecule has 6 heteroatoms. The van der Waals surface area contributed by atoms with Crippen LogP contribution in [0, 0.1) is 6.92 Å². The normalized spacial score (nSPS) is 10.4. The molecule has 1 aromatic carbocycles. The van der Waals surface area contributed by atoms with E-state index in [2.05, 4.69) is 20.7 Å². The average molecular weight is 321 g/mol. The van der Waals surface area contributed by atoms with E-state index in [0.29, 0.717) is 6.54 Å². The highest BCUT2D eigenvalue weighted by atomic mass is 16.2. The number of para-hydroxylation sites is 1. The predicted octanol–water partition coefficient (Wildman–Crippen LogP) is 3.11. The third-order valence-corrected chi connectivity index (χ3v) is 3.67. The second-order valence-electron chi connectivity index (χ2n) is 5.57. The Hall–Kier alpha value is -3.15. The van der Waals surface area contributed by atoms with Crippen LogP contribution in [-0.4, -0.2) is 20.8 Å². The van der Waals surface area contributed by atoms with E-state index >= 15 is 0 Å². The van der Waals surface area contributed by atoms with Crippen LogP contribution in [0.4, 0.5) is 10.5 Å². The molecule has 0 bridgehead atoms. The van der Waals surface area contributed by atoms with Crippen LogP contribution in [0.25, 0.3) is 11.3 Å². The first-order valence-electron chi connectivity index (χ1n) is 7.66. The van der Waals surface area contributed by atoms with Gasteiger partial charge in [0.1, 0.15) is 0 Å². The van der Waals surface area contributed by atoms with Crippen molar-refractivity contribution in [1.29, 1.82) is 0 Å². The van der Waals surface area contributed by atoms with Gasteiger partial charge in [-0.3, -0.25) is 9.67 Å². The Morgan fingerprint density at radius 2 is 2.08 bits per heavy atom. The third kappa shape index (κ3) is 3.78. The Labute approximate surface area is 140 Å². The minimum absolute atomic E-state index is 0.232. The Kier molecular flexibility index (Phi) is 4.56. The van der Waals surface area contributed by atoms with Crippen LogP contribution in [0.3, 0.4) is 0 Å². The van der Waals surface area contributed by atoms with Crippen molar-refractivity contribution in [3.8, 4) is 11.3 Å². The maximum Gasteiger partial charge on any atom is 0.319 e. The molecule has 0 atom stereocenters. The van der Waals surface area contributed by atoms with E-state index in [0.717, 1.165) is 28.1 Å². The van der Waals surface area contributed by atoms with Crippen molar-refractivity contribution in [1.82, 2.24) is 20.1 Å². The number of urea groups is 1. The van der Waals surface area contributed by atoms with Crippen molar-refractivity contribution >= 4 is 11.7 Å². The molecule has 2 aromatic heterocycles. The maximum atomic E-state index is 12.0. The molecule has 0 saturated heterocycles. The maximum absolute atomic E-state index is 12.0. The van der Waals surface area contributed by atoms with Crippen LogP contribution in [0.2, 0.25) is 0 Å². The lowest BCUT2D eigenvalue weighted by molar-refractivity contribution is 0.251. The monoisotopic (exact) mass is 321 g/mol. The molecule has 0 radical (unpaired) electrons. The molecular formula is C18H19N5O. The molecule has 0 aliphatic rings. The first kappa shape index (κ1) is 15.7. The van der Waals surface area contributed by atoms with Gasteiger partial charge >= 0.3 is 6.03 Å². The van der Waals surface area contributed by atoms with Gasteiger partial charge < -0.3 is 10.6 Å². The number of rotatable bonds is 4. The number of amides is 2. The summed E-state index contributed by atoms with van der Waals surface area (Å²) in [7, 11) is 1.87. The van der Waals surface area contributed by atoms with Gasteiger partial charge in [-0.2, -0.15) is 5.10 Å².